The number of alkyl halides is 7. The summed E-state index contributed by atoms with van der Waals surface area (Å²) in [5, 5.41) is 8.06. The van der Waals surface area contributed by atoms with Crippen molar-refractivity contribution in [1.82, 2.24) is 4.98 Å². The first-order valence-corrected chi connectivity index (χ1v) is 5.74. The predicted molar refractivity (Wildman–Crippen MR) is 55.5 cm³/mol. The summed E-state index contributed by atoms with van der Waals surface area (Å²) >= 11 is 2.63. The van der Waals surface area contributed by atoms with Gasteiger partial charge in [0.05, 0.1) is 5.69 Å². The van der Waals surface area contributed by atoms with E-state index in [1.807, 2.05) is 0 Å². The van der Waals surface area contributed by atoms with E-state index in [4.69, 9.17) is 5.11 Å². The van der Waals surface area contributed by atoms with Crippen LogP contribution in [0.15, 0.2) is 6.07 Å². The number of hydrogen-bond donors (Lipinski definition) is 1. The lowest BCUT2D eigenvalue weighted by Gasteiger charge is -2.18. The molecule has 0 amide bonds. The molecule has 1 aromatic rings. The number of nitrogens with zero attached hydrogens (tertiary/aromatic N) is 1. The number of pyridine rings is 1. The number of aromatic carboxylic acids is 1. The van der Waals surface area contributed by atoms with Crippen molar-refractivity contribution in [3.8, 4) is 5.75 Å². The molecule has 1 aromatic heterocycles. The van der Waals surface area contributed by atoms with Gasteiger partial charge in [-0.3, -0.25) is 0 Å². The molecule has 0 aromatic carbocycles. The number of hydrogen-bond acceptors (Lipinski definition) is 3. The molecule has 1 heterocycles. The average molecular weight is 368 g/mol. The molecule has 0 aliphatic heterocycles. The van der Waals surface area contributed by atoms with Gasteiger partial charge in [-0.15, -0.1) is 13.2 Å². The van der Waals surface area contributed by atoms with Gasteiger partial charge < -0.3 is 9.84 Å². The monoisotopic (exact) mass is 367 g/mol. The fourth-order valence-electron chi connectivity index (χ4n) is 1.23. The van der Waals surface area contributed by atoms with Crippen LogP contribution in [-0.2, 0) is 11.5 Å². The van der Waals surface area contributed by atoms with Crippen molar-refractivity contribution >= 4 is 21.9 Å². The van der Waals surface area contributed by atoms with E-state index in [2.05, 4.69) is 25.7 Å². The van der Waals surface area contributed by atoms with Crippen molar-refractivity contribution in [2.24, 2.45) is 0 Å². The Morgan fingerprint density at radius 1 is 1.30 bits per heavy atom. The molecule has 0 spiro atoms. The maximum atomic E-state index is 12.7. The van der Waals surface area contributed by atoms with E-state index in [1.54, 1.807) is 0 Å². The number of ether oxygens (including phenoxy) is 1. The quantitative estimate of drug-likeness (QED) is 0.655. The van der Waals surface area contributed by atoms with Gasteiger partial charge in [0.2, 0.25) is 0 Å². The molecular formula is C9H4BrF6NO3. The molecule has 0 unspecified atom stereocenters. The minimum Gasteiger partial charge on any atom is -0.477 e. The van der Waals surface area contributed by atoms with Crippen molar-refractivity contribution in [3.05, 3.63) is 23.0 Å². The lowest BCUT2D eigenvalue weighted by atomic mass is 10.1. The number of aromatic nitrogens is 1. The molecule has 0 aliphatic rings. The van der Waals surface area contributed by atoms with Crippen LogP contribution in [0.25, 0.3) is 0 Å². The summed E-state index contributed by atoms with van der Waals surface area (Å²) < 4.78 is 77.8. The third kappa shape index (κ3) is 3.99. The summed E-state index contributed by atoms with van der Waals surface area (Å²) in [6, 6.07) is -0.0183. The van der Waals surface area contributed by atoms with E-state index in [0.29, 0.717) is 0 Å². The third-order valence-electron chi connectivity index (χ3n) is 1.91. The summed E-state index contributed by atoms with van der Waals surface area (Å²) in [4.78, 5) is 13.8. The maximum absolute atomic E-state index is 12.7. The van der Waals surface area contributed by atoms with Gasteiger partial charge in [-0.1, -0.05) is 15.9 Å². The Balaban J connectivity index is 3.57. The summed E-state index contributed by atoms with van der Waals surface area (Å²) in [6.45, 7) is 0. The maximum Gasteiger partial charge on any atom is 0.573 e. The molecule has 0 radical (unpaired) electrons. The second-order valence-electron chi connectivity index (χ2n) is 3.32. The summed E-state index contributed by atoms with van der Waals surface area (Å²) in [6.07, 6.45) is -10.6. The smallest absolute Gasteiger partial charge is 0.477 e. The molecule has 11 heteroatoms. The van der Waals surface area contributed by atoms with Crippen LogP contribution in [0.3, 0.4) is 0 Å². The summed E-state index contributed by atoms with van der Waals surface area (Å²) in [5.74, 6) is -3.39. The van der Waals surface area contributed by atoms with Gasteiger partial charge in [-0.25, -0.2) is 9.78 Å². The van der Waals surface area contributed by atoms with Gasteiger partial charge in [0, 0.05) is 5.33 Å². The molecule has 0 saturated carbocycles. The summed E-state index contributed by atoms with van der Waals surface area (Å²) in [5.41, 5.74) is -3.73. The zero-order valence-corrected chi connectivity index (χ0v) is 10.7. The van der Waals surface area contributed by atoms with E-state index in [0.717, 1.165) is 0 Å². The van der Waals surface area contributed by atoms with Gasteiger partial charge in [-0.2, -0.15) is 13.2 Å². The van der Waals surface area contributed by atoms with Crippen LogP contribution in [0.4, 0.5) is 26.3 Å². The van der Waals surface area contributed by atoms with Gasteiger partial charge in [0.15, 0.2) is 5.75 Å². The molecule has 1 rings (SSSR count). The first-order valence-electron chi connectivity index (χ1n) is 4.62. The van der Waals surface area contributed by atoms with Crippen LogP contribution in [0.1, 0.15) is 21.7 Å². The SMILES string of the molecule is O=C(O)c1cc(C(F)(F)F)c(OC(F)(F)F)c(CBr)n1. The molecule has 0 aliphatic carbocycles. The number of carbonyl (C=O) groups is 1. The molecule has 1 N–H and O–H groups in total. The van der Waals surface area contributed by atoms with Crippen molar-refractivity contribution in [1.29, 1.82) is 0 Å². The first-order chi connectivity index (χ1) is 8.95. The normalized spacial score (nSPS) is 12.3. The molecule has 0 saturated heterocycles. The largest absolute Gasteiger partial charge is 0.573 e. The highest BCUT2D eigenvalue weighted by molar-refractivity contribution is 9.08. The van der Waals surface area contributed by atoms with Crippen LogP contribution < -0.4 is 4.74 Å². The zero-order valence-electron chi connectivity index (χ0n) is 9.14. The first kappa shape index (κ1) is 16.5. The van der Waals surface area contributed by atoms with Gasteiger partial charge in [0.1, 0.15) is 11.3 Å². The third-order valence-corrected chi connectivity index (χ3v) is 2.44. The molecule has 4 nitrogen and oxygen atoms in total. The fourth-order valence-corrected chi connectivity index (χ4v) is 1.61. The van der Waals surface area contributed by atoms with Crippen LogP contribution in [-0.4, -0.2) is 22.4 Å². The van der Waals surface area contributed by atoms with Crippen LogP contribution in [0, 0.1) is 0 Å². The molecular weight excluding hydrogens is 364 g/mol. The minimum atomic E-state index is -5.37. The Bertz CT molecular complexity index is 528. The molecule has 112 valence electrons. The van der Waals surface area contributed by atoms with Crippen molar-refractivity contribution < 1.29 is 41.0 Å². The van der Waals surface area contributed by atoms with E-state index < -0.39 is 46.5 Å². The number of rotatable bonds is 3. The Hall–Kier alpha value is -1.52. The number of carboxylic acid groups (broad SMARTS) is 1. The highest BCUT2D eigenvalue weighted by Crippen LogP contribution is 2.41. The van der Waals surface area contributed by atoms with Crippen molar-refractivity contribution in [2.45, 2.75) is 17.9 Å². The second-order valence-corrected chi connectivity index (χ2v) is 3.88. The van der Waals surface area contributed by atoms with E-state index >= 15 is 0 Å². The molecule has 0 atom stereocenters. The molecule has 20 heavy (non-hydrogen) atoms. The Labute approximate surface area is 115 Å². The Morgan fingerprint density at radius 3 is 2.20 bits per heavy atom. The molecule has 0 bridgehead atoms. The van der Waals surface area contributed by atoms with Gasteiger partial charge >= 0.3 is 18.5 Å². The van der Waals surface area contributed by atoms with E-state index in [-0.39, 0.29) is 6.07 Å². The van der Waals surface area contributed by atoms with Crippen LogP contribution in [0.2, 0.25) is 0 Å². The van der Waals surface area contributed by atoms with Crippen LogP contribution >= 0.6 is 15.9 Å². The van der Waals surface area contributed by atoms with Crippen molar-refractivity contribution in [2.75, 3.05) is 0 Å². The highest BCUT2D eigenvalue weighted by Gasteiger charge is 2.41. The lowest BCUT2D eigenvalue weighted by Crippen LogP contribution is -2.22. The van der Waals surface area contributed by atoms with Crippen molar-refractivity contribution in [3.63, 3.8) is 0 Å². The highest BCUT2D eigenvalue weighted by atomic mass is 79.9. The second kappa shape index (κ2) is 5.46. The van der Waals surface area contributed by atoms with E-state index in [1.165, 1.54) is 0 Å². The van der Waals surface area contributed by atoms with Gasteiger partial charge in [-0.05, 0) is 6.07 Å². The van der Waals surface area contributed by atoms with Gasteiger partial charge in [0.25, 0.3) is 0 Å². The van der Waals surface area contributed by atoms with E-state index in [9.17, 15) is 31.1 Å². The molecule has 0 fully saturated rings. The average Bonchev–Trinajstić information content (AvgIpc) is 2.25. The number of carboxylic acids is 1. The van der Waals surface area contributed by atoms with Crippen LogP contribution in [0.5, 0.6) is 5.75 Å². The Morgan fingerprint density at radius 2 is 1.85 bits per heavy atom. The Kier molecular flexibility index (Phi) is 4.52. The predicted octanol–water partition coefficient (Wildman–Crippen LogP) is 3.59. The fraction of sp³-hybridized carbons (Fsp3) is 0.333. The minimum absolute atomic E-state index is 0.0183. The summed E-state index contributed by atoms with van der Waals surface area (Å²) in [7, 11) is 0. The zero-order chi connectivity index (χ0) is 15.7. The topological polar surface area (TPSA) is 59.4 Å². The lowest BCUT2D eigenvalue weighted by molar-refractivity contribution is -0.276. The number of halogens is 7. The standard InChI is InChI=1S/C9H4BrF6NO3/c10-2-5-6(20-9(14,15)16)3(8(11,12)13)1-4(17-5)7(18)19/h1H,2H2,(H,18,19).